The van der Waals surface area contributed by atoms with E-state index < -0.39 is 0 Å². The lowest BCUT2D eigenvalue weighted by molar-refractivity contribution is 0.102. The molecular formula is C17H19NO3. The average molecular weight is 285 g/mol. The number of aryl methyl sites for hydroxylation is 1. The number of anilines is 1. The van der Waals surface area contributed by atoms with Crippen molar-refractivity contribution in [3.63, 3.8) is 0 Å². The zero-order chi connectivity index (χ0) is 15.4. The fourth-order valence-corrected chi connectivity index (χ4v) is 1.92. The number of hydrogen-bond acceptors (Lipinski definition) is 3. The maximum absolute atomic E-state index is 12.2. The van der Waals surface area contributed by atoms with Crippen LogP contribution in [0.4, 0.5) is 5.69 Å². The lowest BCUT2D eigenvalue weighted by Gasteiger charge is -2.11. The molecule has 2 rings (SSSR count). The Bertz CT molecular complexity index is 650. The second-order valence-corrected chi connectivity index (χ2v) is 5.17. The molecule has 2 N–H and O–H groups in total. The molecule has 4 heteroatoms. The highest BCUT2D eigenvalue weighted by Gasteiger charge is 2.10. The summed E-state index contributed by atoms with van der Waals surface area (Å²) in [5.41, 5.74) is 1.80. The molecule has 0 aliphatic heterocycles. The van der Waals surface area contributed by atoms with Crippen molar-refractivity contribution in [3.05, 3.63) is 53.6 Å². The molecule has 0 aromatic heterocycles. The normalized spacial score (nSPS) is 10.5. The first-order chi connectivity index (χ1) is 9.95. The Kier molecular flexibility index (Phi) is 4.48. The largest absolute Gasteiger partial charge is 0.506 e. The fraction of sp³-hybridized carbons (Fsp3) is 0.235. The van der Waals surface area contributed by atoms with Gasteiger partial charge in [-0.05, 0) is 56.7 Å². The zero-order valence-electron chi connectivity index (χ0n) is 12.4. The van der Waals surface area contributed by atoms with Crippen LogP contribution >= 0.6 is 0 Å². The molecule has 0 saturated carbocycles. The van der Waals surface area contributed by atoms with Crippen LogP contribution in [-0.4, -0.2) is 17.1 Å². The molecule has 110 valence electrons. The van der Waals surface area contributed by atoms with E-state index in [9.17, 15) is 9.90 Å². The molecule has 0 unspecified atom stereocenters. The number of ether oxygens (including phenoxy) is 1. The Labute approximate surface area is 124 Å². The summed E-state index contributed by atoms with van der Waals surface area (Å²) in [4.78, 5) is 12.2. The molecule has 0 heterocycles. The molecule has 21 heavy (non-hydrogen) atoms. The van der Waals surface area contributed by atoms with Crippen molar-refractivity contribution in [2.75, 3.05) is 5.32 Å². The first-order valence-corrected chi connectivity index (χ1v) is 6.83. The zero-order valence-corrected chi connectivity index (χ0v) is 12.4. The van der Waals surface area contributed by atoms with Crippen LogP contribution in [0.2, 0.25) is 0 Å². The van der Waals surface area contributed by atoms with Gasteiger partial charge in [0.1, 0.15) is 11.5 Å². The highest BCUT2D eigenvalue weighted by atomic mass is 16.5. The van der Waals surface area contributed by atoms with Crippen LogP contribution < -0.4 is 10.1 Å². The standard InChI is InChI=1S/C17H19NO3/c1-11(2)21-14-6-4-5-13(10-14)17(20)18-15-8-7-12(3)9-16(15)19/h4-11,19H,1-3H3,(H,18,20). The summed E-state index contributed by atoms with van der Waals surface area (Å²) in [6, 6.07) is 12.1. The van der Waals surface area contributed by atoms with Gasteiger partial charge >= 0.3 is 0 Å². The molecule has 0 fully saturated rings. The molecule has 0 saturated heterocycles. The van der Waals surface area contributed by atoms with E-state index >= 15 is 0 Å². The molecule has 0 atom stereocenters. The number of rotatable bonds is 4. The van der Waals surface area contributed by atoms with Crippen molar-refractivity contribution in [2.45, 2.75) is 26.9 Å². The summed E-state index contributed by atoms with van der Waals surface area (Å²) in [7, 11) is 0. The molecule has 0 aliphatic rings. The van der Waals surface area contributed by atoms with Crippen LogP contribution in [0.15, 0.2) is 42.5 Å². The fourth-order valence-electron chi connectivity index (χ4n) is 1.92. The van der Waals surface area contributed by atoms with Crippen LogP contribution in [0.25, 0.3) is 0 Å². The third-order valence-corrected chi connectivity index (χ3v) is 2.87. The monoisotopic (exact) mass is 285 g/mol. The van der Waals surface area contributed by atoms with Crippen LogP contribution in [-0.2, 0) is 0 Å². The number of amides is 1. The second-order valence-electron chi connectivity index (χ2n) is 5.17. The lowest BCUT2D eigenvalue weighted by atomic mass is 10.1. The van der Waals surface area contributed by atoms with E-state index in [1.54, 1.807) is 36.4 Å². The van der Waals surface area contributed by atoms with Crippen molar-refractivity contribution >= 4 is 11.6 Å². The molecule has 0 aliphatic carbocycles. The van der Waals surface area contributed by atoms with Gasteiger partial charge in [0, 0.05) is 5.56 Å². The quantitative estimate of drug-likeness (QED) is 0.841. The first kappa shape index (κ1) is 14.9. The highest BCUT2D eigenvalue weighted by Crippen LogP contribution is 2.25. The minimum absolute atomic E-state index is 0.0458. The Balaban J connectivity index is 2.16. The van der Waals surface area contributed by atoms with Gasteiger partial charge in [-0.25, -0.2) is 0 Å². The molecular weight excluding hydrogens is 266 g/mol. The van der Waals surface area contributed by atoms with Gasteiger partial charge in [-0.15, -0.1) is 0 Å². The van der Waals surface area contributed by atoms with Crippen molar-refractivity contribution < 1.29 is 14.6 Å². The summed E-state index contributed by atoms with van der Waals surface area (Å²) < 4.78 is 5.57. The van der Waals surface area contributed by atoms with E-state index in [0.717, 1.165) is 5.56 Å². The second kappa shape index (κ2) is 6.31. The van der Waals surface area contributed by atoms with Crippen molar-refractivity contribution in [1.82, 2.24) is 0 Å². The van der Waals surface area contributed by atoms with E-state index in [1.807, 2.05) is 26.8 Å². The van der Waals surface area contributed by atoms with E-state index in [4.69, 9.17) is 4.74 Å². The maximum atomic E-state index is 12.2. The Morgan fingerprint density at radius 2 is 1.95 bits per heavy atom. The van der Waals surface area contributed by atoms with Gasteiger partial charge in [-0.1, -0.05) is 12.1 Å². The SMILES string of the molecule is Cc1ccc(NC(=O)c2cccc(OC(C)C)c2)c(O)c1. The van der Waals surface area contributed by atoms with E-state index in [-0.39, 0.29) is 17.8 Å². The number of carbonyl (C=O) groups excluding carboxylic acids is 1. The van der Waals surface area contributed by atoms with Crippen molar-refractivity contribution in [2.24, 2.45) is 0 Å². The average Bonchev–Trinajstić information content (AvgIpc) is 2.41. The third-order valence-electron chi connectivity index (χ3n) is 2.87. The van der Waals surface area contributed by atoms with Gasteiger partial charge < -0.3 is 15.2 Å². The molecule has 0 bridgehead atoms. The number of benzene rings is 2. The van der Waals surface area contributed by atoms with Gasteiger partial charge in [-0.2, -0.15) is 0 Å². The summed E-state index contributed by atoms with van der Waals surface area (Å²) in [6.45, 7) is 5.73. The smallest absolute Gasteiger partial charge is 0.255 e. The van der Waals surface area contributed by atoms with E-state index in [0.29, 0.717) is 17.0 Å². The molecule has 0 spiro atoms. The van der Waals surface area contributed by atoms with Gasteiger partial charge in [0.15, 0.2) is 0 Å². The number of carbonyl (C=O) groups is 1. The number of phenolic OH excluding ortho intramolecular Hbond substituents is 1. The minimum Gasteiger partial charge on any atom is -0.506 e. The Hall–Kier alpha value is -2.49. The maximum Gasteiger partial charge on any atom is 0.255 e. The van der Waals surface area contributed by atoms with Crippen molar-refractivity contribution in [1.29, 1.82) is 0 Å². The summed E-state index contributed by atoms with van der Waals surface area (Å²) >= 11 is 0. The highest BCUT2D eigenvalue weighted by molar-refractivity contribution is 6.05. The molecule has 0 radical (unpaired) electrons. The summed E-state index contributed by atoms with van der Waals surface area (Å²) in [5.74, 6) is 0.409. The van der Waals surface area contributed by atoms with Gasteiger partial charge in [0.25, 0.3) is 5.91 Å². The topological polar surface area (TPSA) is 58.6 Å². The third kappa shape index (κ3) is 3.99. The van der Waals surface area contributed by atoms with Gasteiger partial charge in [0.05, 0.1) is 11.8 Å². The summed E-state index contributed by atoms with van der Waals surface area (Å²) in [5, 5.41) is 12.5. The molecule has 1 amide bonds. The lowest BCUT2D eigenvalue weighted by Crippen LogP contribution is -2.13. The number of aromatic hydroxyl groups is 1. The van der Waals surface area contributed by atoms with Crippen LogP contribution in [0.5, 0.6) is 11.5 Å². The first-order valence-electron chi connectivity index (χ1n) is 6.83. The molecule has 4 nitrogen and oxygen atoms in total. The number of phenols is 1. The van der Waals surface area contributed by atoms with Crippen molar-refractivity contribution in [3.8, 4) is 11.5 Å². The van der Waals surface area contributed by atoms with E-state index in [2.05, 4.69) is 5.32 Å². The van der Waals surface area contributed by atoms with E-state index in [1.165, 1.54) is 0 Å². The van der Waals surface area contributed by atoms with Gasteiger partial charge in [0.2, 0.25) is 0 Å². The predicted molar refractivity (Wildman–Crippen MR) is 83.0 cm³/mol. The predicted octanol–water partition coefficient (Wildman–Crippen LogP) is 3.74. The molecule has 2 aromatic rings. The minimum atomic E-state index is -0.289. The number of hydrogen-bond donors (Lipinski definition) is 2. The summed E-state index contributed by atoms with van der Waals surface area (Å²) in [6.07, 6.45) is 0.0458. The Morgan fingerprint density at radius 1 is 1.19 bits per heavy atom. The van der Waals surface area contributed by atoms with Crippen LogP contribution in [0, 0.1) is 6.92 Å². The van der Waals surface area contributed by atoms with Gasteiger partial charge in [-0.3, -0.25) is 4.79 Å². The molecule has 2 aromatic carbocycles. The number of nitrogens with one attached hydrogen (secondary N) is 1. The Morgan fingerprint density at radius 3 is 2.62 bits per heavy atom. The van der Waals surface area contributed by atoms with Crippen LogP contribution in [0.1, 0.15) is 29.8 Å². The van der Waals surface area contributed by atoms with Crippen LogP contribution in [0.3, 0.4) is 0 Å².